The van der Waals surface area contributed by atoms with Gasteiger partial charge in [-0.1, -0.05) is 0 Å². The third-order valence-corrected chi connectivity index (χ3v) is 3.72. The highest BCUT2D eigenvalue weighted by Crippen LogP contribution is 2.28. The molecule has 1 aliphatic rings. The van der Waals surface area contributed by atoms with E-state index in [4.69, 9.17) is 0 Å². The molecule has 0 aromatic carbocycles. The molecule has 1 unspecified atom stereocenters. The van der Waals surface area contributed by atoms with Crippen LogP contribution in [0.25, 0.3) is 0 Å². The Bertz CT molecular complexity index is 479. The zero-order valence-corrected chi connectivity index (χ0v) is 11.8. The van der Waals surface area contributed by atoms with Gasteiger partial charge in [-0.2, -0.15) is 13.2 Å². The lowest BCUT2D eigenvalue weighted by atomic mass is 10.1. The molecule has 0 bridgehead atoms. The summed E-state index contributed by atoms with van der Waals surface area (Å²) in [4.78, 5) is 17.5. The number of aromatic nitrogens is 1. The lowest BCUT2D eigenvalue weighted by Crippen LogP contribution is -2.38. The average Bonchev–Trinajstić information content (AvgIpc) is 2.74. The SMILES string of the molecule is CN(C(=O)c1ccc(C(F)(F)F)cn1)C1CCCNCC1. The van der Waals surface area contributed by atoms with E-state index in [1.54, 1.807) is 11.9 Å². The maximum atomic E-state index is 12.5. The number of amides is 1. The molecule has 2 rings (SSSR count). The predicted molar refractivity (Wildman–Crippen MR) is 71.8 cm³/mol. The molecule has 2 heterocycles. The van der Waals surface area contributed by atoms with Gasteiger partial charge in [-0.25, -0.2) is 0 Å². The summed E-state index contributed by atoms with van der Waals surface area (Å²) >= 11 is 0. The van der Waals surface area contributed by atoms with Gasteiger partial charge < -0.3 is 10.2 Å². The fourth-order valence-electron chi connectivity index (χ4n) is 2.42. The molecule has 1 N–H and O–H groups in total. The van der Waals surface area contributed by atoms with E-state index >= 15 is 0 Å². The standard InChI is InChI=1S/C14H18F3N3O/c1-20(11-3-2-7-18-8-6-11)13(21)12-5-4-10(9-19-12)14(15,16)17/h4-5,9,11,18H,2-3,6-8H2,1H3. The average molecular weight is 301 g/mol. The highest BCUT2D eigenvalue weighted by molar-refractivity contribution is 5.92. The number of hydrogen-bond donors (Lipinski definition) is 1. The van der Waals surface area contributed by atoms with Crippen molar-refractivity contribution in [2.75, 3.05) is 20.1 Å². The van der Waals surface area contributed by atoms with Gasteiger partial charge in [0.05, 0.1) is 5.56 Å². The fourth-order valence-corrected chi connectivity index (χ4v) is 2.42. The monoisotopic (exact) mass is 301 g/mol. The predicted octanol–water partition coefficient (Wildman–Crippen LogP) is 2.31. The first kappa shape index (κ1) is 15.8. The molecule has 0 spiro atoms. The van der Waals surface area contributed by atoms with Crippen LogP contribution >= 0.6 is 0 Å². The second-order valence-corrected chi connectivity index (χ2v) is 5.18. The minimum atomic E-state index is -4.44. The van der Waals surface area contributed by atoms with Crippen LogP contribution in [0.3, 0.4) is 0 Å². The maximum absolute atomic E-state index is 12.5. The Kier molecular flexibility index (Phi) is 4.82. The summed E-state index contributed by atoms with van der Waals surface area (Å²) < 4.78 is 37.4. The van der Waals surface area contributed by atoms with Crippen LogP contribution in [0.2, 0.25) is 0 Å². The molecular formula is C14H18F3N3O. The third-order valence-electron chi connectivity index (χ3n) is 3.72. The van der Waals surface area contributed by atoms with Crippen molar-refractivity contribution >= 4 is 5.91 Å². The number of halogens is 3. The first-order valence-electron chi connectivity index (χ1n) is 6.90. The number of carbonyl (C=O) groups excluding carboxylic acids is 1. The Labute approximate surface area is 121 Å². The number of nitrogens with zero attached hydrogens (tertiary/aromatic N) is 2. The molecule has 1 aliphatic heterocycles. The van der Waals surface area contributed by atoms with Crippen LogP contribution in [0.1, 0.15) is 35.3 Å². The minimum Gasteiger partial charge on any atom is -0.337 e. The largest absolute Gasteiger partial charge is 0.417 e. The molecule has 0 radical (unpaired) electrons. The van der Waals surface area contributed by atoms with Crippen LogP contribution in [-0.2, 0) is 6.18 Å². The first-order valence-corrected chi connectivity index (χ1v) is 6.90. The van der Waals surface area contributed by atoms with E-state index < -0.39 is 11.7 Å². The van der Waals surface area contributed by atoms with E-state index in [0.717, 1.165) is 44.5 Å². The smallest absolute Gasteiger partial charge is 0.337 e. The number of alkyl halides is 3. The van der Waals surface area contributed by atoms with Gasteiger partial charge >= 0.3 is 6.18 Å². The summed E-state index contributed by atoms with van der Waals surface area (Å²) in [5.74, 6) is -0.337. The zero-order chi connectivity index (χ0) is 15.5. The van der Waals surface area contributed by atoms with Crippen molar-refractivity contribution in [1.82, 2.24) is 15.2 Å². The van der Waals surface area contributed by atoms with Gasteiger partial charge in [0, 0.05) is 19.3 Å². The molecule has 0 saturated carbocycles. The molecule has 1 saturated heterocycles. The second kappa shape index (κ2) is 6.43. The Morgan fingerprint density at radius 3 is 2.71 bits per heavy atom. The summed E-state index contributed by atoms with van der Waals surface area (Å²) in [5.41, 5.74) is -0.803. The summed E-state index contributed by atoms with van der Waals surface area (Å²) in [6.07, 6.45) is -1.04. The summed E-state index contributed by atoms with van der Waals surface area (Å²) in [6, 6.07) is 2.12. The quantitative estimate of drug-likeness (QED) is 0.912. The lowest BCUT2D eigenvalue weighted by molar-refractivity contribution is -0.137. The van der Waals surface area contributed by atoms with Crippen LogP contribution < -0.4 is 5.32 Å². The van der Waals surface area contributed by atoms with Gasteiger partial charge in [-0.3, -0.25) is 9.78 Å². The van der Waals surface area contributed by atoms with Gasteiger partial charge in [0.1, 0.15) is 5.69 Å². The Hall–Kier alpha value is -1.63. The van der Waals surface area contributed by atoms with Crippen LogP contribution in [0.15, 0.2) is 18.3 Å². The topological polar surface area (TPSA) is 45.2 Å². The molecule has 7 heteroatoms. The van der Waals surface area contributed by atoms with Crippen molar-refractivity contribution in [1.29, 1.82) is 0 Å². The lowest BCUT2D eigenvalue weighted by Gasteiger charge is -2.26. The maximum Gasteiger partial charge on any atom is 0.417 e. The van der Waals surface area contributed by atoms with Crippen molar-refractivity contribution in [3.8, 4) is 0 Å². The zero-order valence-electron chi connectivity index (χ0n) is 11.8. The van der Waals surface area contributed by atoms with E-state index in [1.807, 2.05) is 0 Å². The third kappa shape index (κ3) is 3.93. The number of rotatable bonds is 2. The van der Waals surface area contributed by atoms with E-state index in [2.05, 4.69) is 10.3 Å². The number of hydrogen-bond acceptors (Lipinski definition) is 3. The van der Waals surface area contributed by atoms with Gasteiger partial charge in [-0.15, -0.1) is 0 Å². The van der Waals surface area contributed by atoms with Crippen molar-refractivity contribution in [3.05, 3.63) is 29.6 Å². The second-order valence-electron chi connectivity index (χ2n) is 5.18. The number of carbonyl (C=O) groups is 1. The number of nitrogens with one attached hydrogen (secondary N) is 1. The van der Waals surface area contributed by atoms with Crippen LogP contribution in [0.5, 0.6) is 0 Å². The van der Waals surface area contributed by atoms with Gasteiger partial charge in [-0.05, 0) is 44.5 Å². The molecule has 21 heavy (non-hydrogen) atoms. The number of pyridine rings is 1. The van der Waals surface area contributed by atoms with Crippen LogP contribution in [-0.4, -0.2) is 42.0 Å². The summed E-state index contributed by atoms with van der Waals surface area (Å²) in [5, 5.41) is 3.26. The molecule has 1 aromatic rings. The molecule has 4 nitrogen and oxygen atoms in total. The minimum absolute atomic E-state index is 0.0442. The summed E-state index contributed by atoms with van der Waals surface area (Å²) in [6.45, 7) is 1.76. The van der Waals surface area contributed by atoms with Crippen molar-refractivity contribution in [3.63, 3.8) is 0 Å². The van der Waals surface area contributed by atoms with E-state index in [0.29, 0.717) is 6.20 Å². The van der Waals surface area contributed by atoms with Gasteiger partial charge in [0.15, 0.2) is 0 Å². The fraction of sp³-hybridized carbons (Fsp3) is 0.571. The van der Waals surface area contributed by atoms with E-state index in [-0.39, 0.29) is 17.6 Å². The van der Waals surface area contributed by atoms with Gasteiger partial charge in [0.25, 0.3) is 5.91 Å². The molecule has 1 fully saturated rings. The first-order chi connectivity index (χ1) is 9.89. The van der Waals surface area contributed by atoms with Crippen LogP contribution in [0, 0.1) is 0 Å². The van der Waals surface area contributed by atoms with Gasteiger partial charge in [0.2, 0.25) is 0 Å². The highest BCUT2D eigenvalue weighted by atomic mass is 19.4. The normalized spacial score (nSPS) is 19.9. The van der Waals surface area contributed by atoms with E-state index in [1.165, 1.54) is 0 Å². The van der Waals surface area contributed by atoms with Crippen molar-refractivity contribution in [2.45, 2.75) is 31.5 Å². The Balaban J connectivity index is 2.08. The molecule has 1 atom stereocenters. The Morgan fingerprint density at radius 1 is 1.33 bits per heavy atom. The van der Waals surface area contributed by atoms with Crippen LogP contribution in [0.4, 0.5) is 13.2 Å². The molecule has 116 valence electrons. The molecule has 0 aliphatic carbocycles. The molecule has 1 amide bonds. The summed E-state index contributed by atoms with van der Waals surface area (Å²) in [7, 11) is 1.68. The molecule has 1 aromatic heterocycles. The van der Waals surface area contributed by atoms with Crippen molar-refractivity contribution in [2.24, 2.45) is 0 Å². The highest BCUT2D eigenvalue weighted by Gasteiger charge is 2.31. The molecular weight excluding hydrogens is 283 g/mol. The van der Waals surface area contributed by atoms with E-state index in [9.17, 15) is 18.0 Å². The van der Waals surface area contributed by atoms with Crippen molar-refractivity contribution < 1.29 is 18.0 Å². The Morgan fingerprint density at radius 2 is 2.10 bits per heavy atom.